The fourth-order valence-corrected chi connectivity index (χ4v) is 3.46. The van der Waals surface area contributed by atoms with Gasteiger partial charge < -0.3 is 0 Å². The molecule has 120 valence electrons. The van der Waals surface area contributed by atoms with Crippen LogP contribution in [0.15, 0.2) is 40.5 Å². The summed E-state index contributed by atoms with van der Waals surface area (Å²) in [6.45, 7) is 4.20. The van der Waals surface area contributed by atoms with Crippen LogP contribution < -0.4 is 5.56 Å². The van der Waals surface area contributed by atoms with Crippen molar-refractivity contribution in [2.45, 2.75) is 20.4 Å². The number of aryl methyl sites for hydroxylation is 2. The van der Waals surface area contributed by atoms with Gasteiger partial charge in [-0.1, -0.05) is 24.3 Å². The van der Waals surface area contributed by atoms with Crippen LogP contribution >= 0.6 is 11.3 Å². The van der Waals surface area contributed by atoms with E-state index < -0.39 is 0 Å². The molecule has 24 heavy (non-hydrogen) atoms. The lowest BCUT2D eigenvalue weighted by atomic mass is 10.1. The number of hydrogen-bond acceptors (Lipinski definition) is 6. The number of fused-ring (bicyclic) bond motifs is 1. The molecule has 0 radical (unpaired) electrons. The van der Waals surface area contributed by atoms with E-state index in [9.17, 15) is 4.79 Å². The first-order valence-electron chi connectivity index (χ1n) is 7.42. The summed E-state index contributed by atoms with van der Waals surface area (Å²) in [5.41, 5.74) is 3.45. The lowest BCUT2D eigenvalue weighted by Gasteiger charge is -2.01. The number of benzene rings is 1. The Morgan fingerprint density at radius 1 is 1.21 bits per heavy atom. The zero-order valence-electron chi connectivity index (χ0n) is 13.2. The van der Waals surface area contributed by atoms with E-state index in [0.717, 1.165) is 16.8 Å². The first kappa shape index (κ1) is 14.7. The third-order valence-electron chi connectivity index (χ3n) is 3.77. The predicted octanol–water partition coefficient (Wildman–Crippen LogP) is 2.07. The number of tetrazole rings is 1. The van der Waals surface area contributed by atoms with Crippen molar-refractivity contribution >= 4 is 16.3 Å². The molecule has 0 bridgehead atoms. The molecule has 1 aromatic carbocycles. The summed E-state index contributed by atoms with van der Waals surface area (Å²) < 4.78 is 1.60. The highest BCUT2D eigenvalue weighted by Crippen LogP contribution is 2.18. The summed E-state index contributed by atoms with van der Waals surface area (Å²) in [6.07, 6.45) is 0. The second kappa shape index (κ2) is 5.64. The van der Waals surface area contributed by atoms with Gasteiger partial charge in [-0.3, -0.25) is 9.20 Å². The molecule has 0 aliphatic carbocycles. The number of rotatable bonds is 3. The van der Waals surface area contributed by atoms with Gasteiger partial charge in [0.25, 0.3) is 5.56 Å². The molecule has 4 aromatic rings. The smallest absolute Gasteiger partial charge is 0.259 e. The molecule has 0 aliphatic rings. The van der Waals surface area contributed by atoms with Crippen molar-refractivity contribution in [3.05, 3.63) is 63.0 Å². The number of thiazole rings is 1. The molecule has 0 N–H and O–H groups in total. The zero-order chi connectivity index (χ0) is 16.7. The second-order valence-electron chi connectivity index (χ2n) is 5.54. The molecule has 0 unspecified atom stereocenters. The van der Waals surface area contributed by atoms with Gasteiger partial charge >= 0.3 is 0 Å². The van der Waals surface area contributed by atoms with Crippen LogP contribution in [0, 0.1) is 13.8 Å². The van der Waals surface area contributed by atoms with E-state index in [2.05, 4.69) is 20.4 Å². The average Bonchev–Trinajstić information content (AvgIpc) is 3.15. The van der Waals surface area contributed by atoms with Crippen LogP contribution in [-0.4, -0.2) is 29.6 Å². The molecule has 4 rings (SSSR count). The summed E-state index contributed by atoms with van der Waals surface area (Å²) in [6, 6.07) is 9.40. The minimum absolute atomic E-state index is 0.0898. The largest absolute Gasteiger partial charge is 0.269 e. The Morgan fingerprint density at radius 3 is 2.88 bits per heavy atom. The van der Waals surface area contributed by atoms with Gasteiger partial charge in [0.15, 0.2) is 4.96 Å². The number of hydrogen-bond donors (Lipinski definition) is 0. The normalized spacial score (nSPS) is 11.2. The van der Waals surface area contributed by atoms with E-state index in [1.54, 1.807) is 4.40 Å². The van der Waals surface area contributed by atoms with E-state index in [1.807, 2.05) is 43.5 Å². The standard InChI is InChI=1S/C16H14N6OS/c1-10-5-3-4-6-13(10)15-18-20-21(19-15)8-12-7-14(23)22-11(2)9-24-16(22)17-12/h3-7,9H,8H2,1-2H3. The maximum atomic E-state index is 12.2. The van der Waals surface area contributed by atoms with Crippen molar-refractivity contribution in [2.75, 3.05) is 0 Å². The third kappa shape index (κ3) is 2.50. The highest BCUT2D eigenvalue weighted by molar-refractivity contribution is 7.15. The minimum Gasteiger partial charge on any atom is -0.269 e. The topological polar surface area (TPSA) is 78.0 Å². The average molecular weight is 338 g/mol. The monoisotopic (exact) mass is 338 g/mol. The van der Waals surface area contributed by atoms with Crippen molar-refractivity contribution in [3.8, 4) is 11.4 Å². The van der Waals surface area contributed by atoms with Crippen LogP contribution in [0.2, 0.25) is 0 Å². The van der Waals surface area contributed by atoms with E-state index in [4.69, 9.17) is 0 Å². The summed E-state index contributed by atoms with van der Waals surface area (Å²) in [5.74, 6) is 0.567. The van der Waals surface area contributed by atoms with Gasteiger partial charge in [0.05, 0.1) is 5.69 Å². The fraction of sp³-hybridized carbons (Fsp3) is 0.188. The SMILES string of the molecule is Cc1ccccc1-c1nnn(Cc2cc(=O)n3c(C)csc3n2)n1. The Labute approximate surface area is 141 Å². The molecular formula is C16H14N6OS. The highest BCUT2D eigenvalue weighted by Gasteiger charge is 2.11. The molecule has 8 heteroatoms. The van der Waals surface area contributed by atoms with E-state index in [0.29, 0.717) is 23.0 Å². The highest BCUT2D eigenvalue weighted by atomic mass is 32.1. The molecule has 3 aromatic heterocycles. The summed E-state index contributed by atoms with van der Waals surface area (Å²) >= 11 is 1.44. The van der Waals surface area contributed by atoms with E-state index in [-0.39, 0.29) is 5.56 Å². The van der Waals surface area contributed by atoms with Crippen LogP contribution in [-0.2, 0) is 6.54 Å². The van der Waals surface area contributed by atoms with Gasteiger partial charge in [-0.25, -0.2) is 4.98 Å². The number of aromatic nitrogens is 6. The van der Waals surface area contributed by atoms with E-state index in [1.165, 1.54) is 22.2 Å². The van der Waals surface area contributed by atoms with Crippen molar-refractivity contribution in [1.82, 2.24) is 29.6 Å². The Morgan fingerprint density at radius 2 is 2.04 bits per heavy atom. The van der Waals surface area contributed by atoms with E-state index >= 15 is 0 Å². The first-order chi connectivity index (χ1) is 11.6. The van der Waals surface area contributed by atoms with Crippen LogP contribution in [0.25, 0.3) is 16.3 Å². The van der Waals surface area contributed by atoms with Gasteiger partial charge in [0.1, 0.15) is 6.54 Å². The Kier molecular flexibility index (Phi) is 3.46. The maximum absolute atomic E-state index is 12.2. The van der Waals surface area contributed by atoms with Crippen LogP contribution in [0.5, 0.6) is 0 Å². The minimum atomic E-state index is -0.0898. The van der Waals surface area contributed by atoms with Gasteiger partial charge in [0, 0.05) is 22.7 Å². The Hall–Kier alpha value is -2.87. The van der Waals surface area contributed by atoms with Crippen LogP contribution in [0.3, 0.4) is 0 Å². The van der Waals surface area contributed by atoms with Crippen molar-refractivity contribution in [2.24, 2.45) is 0 Å². The van der Waals surface area contributed by atoms with Crippen molar-refractivity contribution in [3.63, 3.8) is 0 Å². The lowest BCUT2D eigenvalue weighted by molar-refractivity contribution is 0.564. The van der Waals surface area contributed by atoms with Gasteiger partial charge in [-0.05, 0) is 24.6 Å². The molecule has 0 atom stereocenters. The van der Waals surface area contributed by atoms with Gasteiger partial charge in [-0.2, -0.15) is 4.80 Å². The summed E-state index contributed by atoms with van der Waals surface area (Å²) in [7, 11) is 0. The quantitative estimate of drug-likeness (QED) is 0.571. The fourth-order valence-electron chi connectivity index (χ4n) is 2.57. The predicted molar refractivity (Wildman–Crippen MR) is 91.2 cm³/mol. The van der Waals surface area contributed by atoms with Crippen LogP contribution in [0.1, 0.15) is 17.0 Å². The molecule has 0 saturated carbocycles. The Balaban J connectivity index is 1.67. The van der Waals surface area contributed by atoms with Gasteiger partial charge in [-0.15, -0.1) is 21.5 Å². The van der Waals surface area contributed by atoms with Gasteiger partial charge in [0.2, 0.25) is 5.82 Å². The molecule has 0 saturated heterocycles. The molecule has 0 fully saturated rings. The lowest BCUT2D eigenvalue weighted by Crippen LogP contribution is -2.17. The molecular weight excluding hydrogens is 324 g/mol. The molecule has 0 spiro atoms. The maximum Gasteiger partial charge on any atom is 0.259 e. The molecule has 7 nitrogen and oxygen atoms in total. The Bertz CT molecular complexity index is 1090. The summed E-state index contributed by atoms with van der Waals surface area (Å²) in [5, 5.41) is 14.5. The van der Waals surface area contributed by atoms with Crippen molar-refractivity contribution in [1.29, 1.82) is 0 Å². The number of nitrogens with zero attached hydrogens (tertiary/aromatic N) is 6. The zero-order valence-corrected chi connectivity index (χ0v) is 14.0. The summed E-state index contributed by atoms with van der Waals surface area (Å²) in [4.78, 5) is 18.8. The van der Waals surface area contributed by atoms with Crippen LogP contribution in [0.4, 0.5) is 0 Å². The second-order valence-corrected chi connectivity index (χ2v) is 6.38. The molecule has 0 aliphatic heterocycles. The molecule has 3 heterocycles. The first-order valence-corrected chi connectivity index (χ1v) is 8.30. The van der Waals surface area contributed by atoms with Crippen molar-refractivity contribution < 1.29 is 0 Å². The third-order valence-corrected chi connectivity index (χ3v) is 4.71. The molecule has 0 amide bonds.